The fourth-order valence-corrected chi connectivity index (χ4v) is 3.77. The highest BCUT2D eigenvalue weighted by atomic mass is 127. The predicted molar refractivity (Wildman–Crippen MR) is 115 cm³/mol. The summed E-state index contributed by atoms with van der Waals surface area (Å²) < 4.78 is 0.954. The van der Waals surface area contributed by atoms with Crippen LogP contribution in [0.25, 0.3) is 21.8 Å². The van der Waals surface area contributed by atoms with Gasteiger partial charge in [-0.25, -0.2) is 0 Å². The molecule has 26 heavy (non-hydrogen) atoms. The minimum Gasteiger partial charge on any atom is -0.353 e. The first kappa shape index (κ1) is 18.8. The van der Waals surface area contributed by atoms with Gasteiger partial charge in [-0.05, 0) is 59.9 Å². The number of hydrogen-bond donors (Lipinski definition) is 2. The molecule has 0 atom stereocenters. The summed E-state index contributed by atoms with van der Waals surface area (Å²) >= 11 is 2.20. The Balaban J connectivity index is 1.99. The van der Waals surface area contributed by atoms with Gasteiger partial charge in [0.05, 0.1) is 16.6 Å². The lowest BCUT2D eigenvalue weighted by atomic mass is 10.1. The SMILES string of the molecule is CCN(CC)CCNC(=O)c1cccc2c(=O)c3cccc(I)c3[nH]c12. The van der Waals surface area contributed by atoms with Crippen LogP contribution in [0.3, 0.4) is 0 Å². The first-order valence-electron chi connectivity index (χ1n) is 8.80. The van der Waals surface area contributed by atoms with Crippen LogP contribution in [0.2, 0.25) is 0 Å². The molecule has 6 heteroatoms. The molecule has 2 aromatic carbocycles. The highest BCUT2D eigenvalue weighted by molar-refractivity contribution is 14.1. The summed E-state index contributed by atoms with van der Waals surface area (Å²) in [4.78, 5) is 31.1. The molecule has 0 unspecified atom stereocenters. The van der Waals surface area contributed by atoms with Crippen LogP contribution < -0.4 is 10.7 Å². The van der Waals surface area contributed by atoms with Crippen molar-refractivity contribution in [1.82, 2.24) is 15.2 Å². The number of pyridine rings is 1. The molecule has 0 aliphatic rings. The number of likely N-dealkylation sites (N-methyl/N-ethyl adjacent to an activating group) is 1. The molecule has 0 bridgehead atoms. The fraction of sp³-hybridized carbons (Fsp3) is 0.300. The number of amides is 1. The highest BCUT2D eigenvalue weighted by Crippen LogP contribution is 2.21. The van der Waals surface area contributed by atoms with Crippen molar-refractivity contribution in [1.29, 1.82) is 0 Å². The molecule has 3 rings (SSSR count). The van der Waals surface area contributed by atoms with Gasteiger partial charge in [-0.15, -0.1) is 0 Å². The maximum atomic E-state index is 12.8. The van der Waals surface area contributed by atoms with Gasteiger partial charge in [0.1, 0.15) is 0 Å². The quantitative estimate of drug-likeness (QED) is 0.436. The Hall–Kier alpha value is -1.93. The van der Waals surface area contributed by atoms with E-state index in [-0.39, 0.29) is 11.3 Å². The Bertz CT molecular complexity index is 1010. The summed E-state index contributed by atoms with van der Waals surface area (Å²) in [6.07, 6.45) is 0. The number of rotatable bonds is 6. The second-order valence-corrected chi connectivity index (χ2v) is 7.29. The van der Waals surface area contributed by atoms with Crippen LogP contribution in [-0.2, 0) is 0 Å². The number of aromatic nitrogens is 1. The molecule has 2 N–H and O–H groups in total. The normalized spacial score (nSPS) is 11.4. The summed E-state index contributed by atoms with van der Waals surface area (Å²) in [7, 11) is 0. The summed E-state index contributed by atoms with van der Waals surface area (Å²) in [5, 5.41) is 4.15. The van der Waals surface area contributed by atoms with Gasteiger partial charge in [0.15, 0.2) is 5.43 Å². The number of carbonyl (C=O) groups excluding carboxylic acids is 1. The molecule has 0 aliphatic heterocycles. The topological polar surface area (TPSA) is 65.2 Å². The van der Waals surface area contributed by atoms with E-state index in [2.05, 4.69) is 51.6 Å². The van der Waals surface area contributed by atoms with Gasteiger partial charge < -0.3 is 15.2 Å². The Morgan fingerprint density at radius 3 is 2.42 bits per heavy atom. The van der Waals surface area contributed by atoms with Gasteiger partial charge in [0.2, 0.25) is 0 Å². The van der Waals surface area contributed by atoms with E-state index >= 15 is 0 Å². The average molecular weight is 463 g/mol. The number of aromatic amines is 1. The molecule has 0 saturated heterocycles. The molecule has 0 aliphatic carbocycles. The number of para-hydroxylation sites is 2. The van der Waals surface area contributed by atoms with E-state index < -0.39 is 0 Å². The Morgan fingerprint density at radius 2 is 1.73 bits per heavy atom. The largest absolute Gasteiger partial charge is 0.353 e. The zero-order chi connectivity index (χ0) is 18.7. The third kappa shape index (κ3) is 3.61. The molecule has 0 fully saturated rings. The summed E-state index contributed by atoms with van der Waals surface area (Å²) in [6.45, 7) is 7.50. The molecular formula is C20H22IN3O2. The van der Waals surface area contributed by atoms with Crippen molar-refractivity contribution in [3.8, 4) is 0 Å². The molecule has 1 heterocycles. The zero-order valence-electron chi connectivity index (χ0n) is 14.9. The summed E-state index contributed by atoms with van der Waals surface area (Å²) in [5.41, 5.74) is 1.81. The molecule has 1 aromatic heterocycles. The van der Waals surface area contributed by atoms with Crippen LogP contribution >= 0.6 is 22.6 Å². The maximum absolute atomic E-state index is 12.8. The smallest absolute Gasteiger partial charge is 0.253 e. The van der Waals surface area contributed by atoms with Crippen molar-refractivity contribution in [2.75, 3.05) is 26.2 Å². The highest BCUT2D eigenvalue weighted by Gasteiger charge is 2.14. The molecule has 3 aromatic rings. The van der Waals surface area contributed by atoms with Crippen LogP contribution in [0.5, 0.6) is 0 Å². The number of H-pyrrole nitrogens is 1. The third-order valence-electron chi connectivity index (χ3n) is 4.67. The van der Waals surface area contributed by atoms with Crippen molar-refractivity contribution in [3.63, 3.8) is 0 Å². The van der Waals surface area contributed by atoms with Crippen LogP contribution in [0.15, 0.2) is 41.2 Å². The number of nitrogens with zero attached hydrogens (tertiary/aromatic N) is 1. The van der Waals surface area contributed by atoms with Crippen molar-refractivity contribution in [2.45, 2.75) is 13.8 Å². The van der Waals surface area contributed by atoms with Gasteiger partial charge in [0, 0.05) is 27.4 Å². The lowest BCUT2D eigenvalue weighted by Crippen LogP contribution is -2.35. The summed E-state index contributed by atoms with van der Waals surface area (Å²) in [5.74, 6) is -0.163. The molecule has 136 valence electrons. The van der Waals surface area contributed by atoms with Gasteiger partial charge in [-0.3, -0.25) is 9.59 Å². The van der Waals surface area contributed by atoms with Crippen LogP contribution in [0, 0.1) is 3.57 Å². The molecule has 0 radical (unpaired) electrons. The first-order chi connectivity index (χ1) is 12.6. The number of fused-ring (bicyclic) bond motifs is 2. The molecule has 0 spiro atoms. The standard InChI is InChI=1S/C20H22IN3O2/c1-3-24(4-2)12-11-22-20(26)15-9-5-7-13-17(15)23-18-14(19(13)25)8-6-10-16(18)21/h5-10H,3-4,11-12H2,1-2H3,(H,22,26)(H,23,25). The Morgan fingerprint density at radius 1 is 1.08 bits per heavy atom. The molecule has 1 amide bonds. The van der Waals surface area contributed by atoms with E-state index in [1.807, 2.05) is 18.2 Å². The van der Waals surface area contributed by atoms with Gasteiger partial charge in [-0.1, -0.05) is 26.0 Å². The molecule has 0 saturated carbocycles. The third-order valence-corrected chi connectivity index (χ3v) is 5.57. The monoisotopic (exact) mass is 463 g/mol. The number of nitrogens with one attached hydrogen (secondary N) is 2. The minimum absolute atomic E-state index is 0.0509. The number of benzene rings is 2. The van der Waals surface area contributed by atoms with Crippen molar-refractivity contribution in [2.24, 2.45) is 0 Å². The maximum Gasteiger partial charge on any atom is 0.253 e. The van der Waals surface area contributed by atoms with E-state index in [1.165, 1.54) is 0 Å². The minimum atomic E-state index is -0.163. The van der Waals surface area contributed by atoms with E-state index in [0.717, 1.165) is 28.7 Å². The lowest BCUT2D eigenvalue weighted by molar-refractivity contribution is 0.0950. The molecule has 5 nitrogen and oxygen atoms in total. The van der Waals surface area contributed by atoms with Crippen LogP contribution in [0.1, 0.15) is 24.2 Å². The Kier molecular flexibility index (Phi) is 5.93. The number of halogens is 1. The van der Waals surface area contributed by atoms with Crippen LogP contribution in [0.4, 0.5) is 0 Å². The van der Waals surface area contributed by atoms with Crippen LogP contribution in [-0.4, -0.2) is 42.0 Å². The lowest BCUT2D eigenvalue weighted by Gasteiger charge is -2.18. The van der Waals surface area contributed by atoms with Crippen molar-refractivity contribution in [3.05, 3.63) is 55.8 Å². The van der Waals surface area contributed by atoms with Gasteiger partial charge in [0.25, 0.3) is 5.91 Å². The van der Waals surface area contributed by atoms with Gasteiger partial charge in [-0.2, -0.15) is 0 Å². The first-order valence-corrected chi connectivity index (χ1v) is 9.88. The zero-order valence-corrected chi connectivity index (χ0v) is 17.1. The second kappa shape index (κ2) is 8.18. The van der Waals surface area contributed by atoms with Crippen molar-refractivity contribution < 1.29 is 4.79 Å². The molecular weight excluding hydrogens is 441 g/mol. The van der Waals surface area contributed by atoms with Crippen molar-refractivity contribution >= 4 is 50.3 Å². The van der Waals surface area contributed by atoms with Gasteiger partial charge >= 0.3 is 0 Å². The van der Waals surface area contributed by atoms with E-state index in [9.17, 15) is 9.59 Å². The Labute approximate surface area is 165 Å². The predicted octanol–water partition coefficient (Wildman–Crippen LogP) is 3.36. The van der Waals surface area contributed by atoms with E-state index in [0.29, 0.717) is 28.4 Å². The van der Waals surface area contributed by atoms with E-state index in [1.54, 1.807) is 18.2 Å². The number of hydrogen-bond acceptors (Lipinski definition) is 3. The summed E-state index contributed by atoms with van der Waals surface area (Å²) in [6, 6.07) is 10.9. The average Bonchev–Trinajstić information content (AvgIpc) is 2.66. The second-order valence-electron chi connectivity index (χ2n) is 6.13. The fourth-order valence-electron chi connectivity index (χ4n) is 3.14. The number of carbonyl (C=O) groups is 1. The van der Waals surface area contributed by atoms with E-state index in [4.69, 9.17) is 0 Å².